The van der Waals surface area contributed by atoms with Crippen LogP contribution in [-0.2, 0) is 0 Å². The van der Waals surface area contributed by atoms with Crippen molar-refractivity contribution in [3.63, 3.8) is 0 Å². The summed E-state index contributed by atoms with van der Waals surface area (Å²) >= 11 is 0. The van der Waals surface area contributed by atoms with Crippen LogP contribution in [0.15, 0.2) is 39.5 Å². The van der Waals surface area contributed by atoms with Gasteiger partial charge in [-0.1, -0.05) is 18.2 Å². The van der Waals surface area contributed by atoms with E-state index in [2.05, 4.69) is 10.6 Å². The summed E-state index contributed by atoms with van der Waals surface area (Å²) in [7, 11) is 0. The molecule has 2 aromatic rings. The fourth-order valence-electron chi connectivity index (χ4n) is 2.46. The Labute approximate surface area is 128 Å². The Hall–Kier alpha value is -1.85. The van der Waals surface area contributed by atoms with Gasteiger partial charge < -0.3 is 15.1 Å². The monoisotopic (exact) mass is 308 g/mol. The van der Waals surface area contributed by atoms with E-state index in [-0.39, 0.29) is 29.9 Å². The number of benzene rings is 1. The van der Waals surface area contributed by atoms with Crippen molar-refractivity contribution < 1.29 is 9.21 Å². The third kappa shape index (κ3) is 3.43. The minimum atomic E-state index is -0.593. The number of amides is 1. The van der Waals surface area contributed by atoms with Crippen molar-refractivity contribution in [3.05, 3.63) is 46.3 Å². The Kier molecular flexibility index (Phi) is 4.98. The third-order valence-corrected chi connectivity index (χ3v) is 3.52. The van der Waals surface area contributed by atoms with E-state index in [0.29, 0.717) is 5.58 Å². The van der Waals surface area contributed by atoms with Gasteiger partial charge >= 0.3 is 5.63 Å². The number of hydrogen-bond acceptors (Lipinski definition) is 4. The first-order valence-corrected chi connectivity index (χ1v) is 6.78. The van der Waals surface area contributed by atoms with Crippen LogP contribution in [0.2, 0.25) is 0 Å². The van der Waals surface area contributed by atoms with Crippen molar-refractivity contribution in [2.45, 2.75) is 18.9 Å². The van der Waals surface area contributed by atoms with Crippen molar-refractivity contribution in [2.24, 2.45) is 0 Å². The smallest absolute Gasteiger partial charge is 0.349 e. The normalized spacial score (nSPS) is 18.0. The quantitative estimate of drug-likeness (QED) is 0.828. The minimum absolute atomic E-state index is 0. The molecule has 0 radical (unpaired) electrons. The van der Waals surface area contributed by atoms with Gasteiger partial charge in [-0.15, -0.1) is 12.4 Å². The van der Waals surface area contributed by atoms with Gasteiger partial charge in [-0.25, -0.2) is 4.79 Å². The van der Waals surface area contributed by atoms with Crippen molar-refractivity contribution in [1.82, 2.24) is 10.6 Å². The molecule has 1 amide bonds. The highest BCUT2D eigenvalue weighted by atomic mass is 35.5. The number of carbonyl (C=O) groups excluding carboxylic acids is 1. The minimum Gasteiger partial charge on any atom is -0.422 e. The van der Waals surface area contributed by atoms with Crippen molar-refractivity contribution in [2.75, 3.05) is 13.1 Å². The summed E-state index contributed by atoms with van der Waals surface area (Å²) in [5.41, 5.74) is -0.0346. The molecule has 6 heteroatoms. The molecule has 1 saturated heterocycles. The fraction of sp³-hybridized carbons (Fsp3) is 0.333. The highest BCUT2D eigenvalue weighted by Crippen LogP contribution is 2.13. The number of carbonyl (C=O) groups is 1. The largest absolute Gasteiger partial charge is 0.422 e. The summed E-state index contributed by atoms with van der Waals surface area (Å²) in [6.45, 7) is 1.72. The molecule has 5 nitrogen and oxygen atoms in total. The Morgan fingerprint density at radius 1 is 1.33 bits per heavy atom. The van der Waals surface area contributed by atoms with Crippen LogP contribution in [0.25, 0.3) is 11.0 Å². The van der Waals surface area contributed by atoms with Gasteiger partial charge in [-0.2, -0.15) is 0 Å². The van der Waals surface area contributed by atoms with E-state index >= 15 is 0 Å². The number of hydrogen-bond donors (Lipinski definition) is 2. The molecule has 0 saturated carbocycles. The van der Waals surface area contributed by atoms with E-state index in [1.54, 1.807) is 18.2 Å². The molecule has 2 N–H and O–H groups in total. The second kappa shape index (κ2) is 6.74. The maximum Gasteiger partial charge on any atom is 0.349 e. The van der Waals surface area contributed by atoms with Crippen LogP contribution >= 0.6 is 12.4 Å². The highest BCUT2D eigenvalue weighted by molar-refractivity contribution is 5.96. The molecule has 1 aromatic carbocycles. The molecule has 0 unspecified atom stereocenters. The molecule has 1 aliphatic heterocycles. The van der Waals surface area contributed by atoms with E-state index in [1.807, 2.05) is 12.1 Å². The first-order chi connectivity index (χ1) is 9.74. The van der Waals surface area contributed by atoms with Crippen molar-refractivity contribution >= 4 is 29.3 Å². The standard InChI is InChI=1S/C15H16N2O3.ClH/c18-14(17-11-5-3-7-16-9-11)12-8-10-4-1-2-6-13(10)20-15(12)19;/h1-2,4,6,8,11,16H,3,5,7,9H2,(H,17,18);1H/t11-;/m0./s1. The molecule has 1 aliphatic rings. The summed E-state index contributed by atoms with van der Waals surface area (Å²) in [6.07, 6.45) is 1.95. The van der Waals surface area contributed by atoms with Crippen LogP contribution in [0.5, 0.6) is 0 Å². The average Bonchev–Trinajstić information content (AvgIpc) is 2.47. The molecular weight excluding hydrogens is 292 g/mol. The van der Waals surface area contributed by atoms with Gasteiger partial charge in [-0.05, 0) is 31.5 Å². The number of rotatable bonds is 2. The van der Waals surface area contributed by atoms with Crippen LogP contribution in [0.4, 0.5) is 0 Å². The van der Waals surface area contributed by atoms with E-state index in [4.69, 9.17) is 4.42 Å². The van der Waals surface area contributed by atoms with Gasteiger partial charge in [0.2, 0.25) is 0 Å². The Morgan fingerprint density at radius 2 is 2.14 bits per heavy atom. The molecule has 3 rings (SSSR count). The van der Waals surface area contributed by atoms with Gasteiger partial charge in [0.15, 0.2) is 0 Å². The second-order valence-corrected chi connectivity index (χ2v) is 5.00. The molecule has 1 atom stereocenters. The average molecular weight is 309 g/mol. The van der Waals surface area contributed by atoms with Crippen LogP contribution in [-0.4, -0.2) is 25.0 Å². The van der Waals surface area contributed by atoms with Gasteiger partial charge in [0.05, 0.1) is 0 Å². The molecule has 0 spiro atoms. The van der Waals surface area contributed by atoms with Crippen LogP contribution < -0.4 is 16.3 Å². The number of halogens is 1. The lowest BCUT2D eigenvalue weighted by molar-refractivity contribution is 0.0927. The van der Waals surface area contributed by atoms with E-state index in [9.17, 15) is 9.59 Å². The van der Waals surface area contributed by atoms with Crippen LogP contribution in [0.3, 0.4) is 0 Å². The molecule has 2 heterocycles. The number of para-hydroxylation sites is 1. The number of nitrogens with one attached hydrogen (secondary N) is 2. The summed E-state index contributed by atoms with van der Waals surface area (Å²) in [5, 5.41) is 6.85. The molecule has 112 valence electrons. The summed E-state index contributed by atoms with van der Waals surface area (Å²) < 4.78 is 5.17. The summed E-state index contributed by atoms with van der Waals surface area (Å²) in [6, 6.07) is 8.82. The summed E-state index contributed by atoms with van der Waals surface area (Å²) in [5.74, 6) is -0.363. The lowest BCUT2D eigenvalue weighted by Crippen LogP contribution is -2.46. The van der Waals surface area contributed by atoms with Gasteiger partial charge in [0, 0.05) is 18.0 Å². The van der Waals surface area contributed by atoms with E-state index < -0.39 is 5.63 Å². The lowest BCUT2D eigenvalue weighted by Gasteiger charge is -2.23. The topological polar surface area (TPSA) is 71.3 Å². The van der Waals surface area contributed by atoms with E-state index in [1.165, 1.54) is 0 Å². The first-order valence-electron chi connectivity index (χ1n) is 6.78. The molecule has 0 aliphatic carbocycles. The van der Waals surface area contributed by atoms with Gasteiger partial charge in [0.1, 0.15) is 11.1 Å². The zero-order valence-electron chi connectivity index (χ0n) is 11.4. The second-order valence-electron chi connectivity index (χ2n) is 5.00. The molecule has 0 bridgehead atoms. The highest BCUT2D eigenvalue weighted by Gasteiger charge is 2.19. The van der Waals surface area contributed by atoms with Crippen molar-refractivity contribution in [1.29, 1.82) is 0 Å². The zero-order chi connectivity index (χ0) is 13.9. The zero-order valence-corrected chi connectivity index (χ0v) is 12.2. The maximum absolute atomic E-state index is 12.2. The molecule has 1 aromatic heterocycles. The fourth-order valence-corrected chi connectivity index (χ4v) is 2.46. The molecular formula is C15H17ClN2O3. The SMILES string of the molecule is Cl.O=C(N[C@H]1CCCNC1)c1cc2ccccc2oc1=O. The third-order valence-electron chi connectivity index (χ3n) is 3.52. The Morgan fingerprint density at radius 3 is 2.90 bits per heavy atom. The van der Waals surface area contributed by atoms with Crippen LogP contribution in [0, 0.1) is 0 Å². The maximum atomic E-state index is 12.2. The van der Waals surface area contributed by atoms with Crippen LogP contribution in [0.1, 0.15) is 23.2 Å². The number of fused-ring (bicyclic) bond motifs is 1. The first kappa shape index (κ1) is 15.5. The van der Waals surface area contributed by atoms with Gasteiger partial charge in [0.25, 0.3) is 5.91 Å². The Bertz CT molecular complexity index is 693. The molecule has 1 fully saturated rings. The lowest BCUT2D eigenvalue weighted by atomic mass is 10.1. The van der Waals surface area contributed by atoms with E-state index in [0.717, 1.165) is 31.3 Å². The van der Waals surface area contributed by atoms with Crippen molar-refractivity contribution in [3.8, 4) is 0 Å². The van der Waals surface area contributed by atoms with Gasteiger partial charge in [-0.3, -0.25) is 4.79 Å². The summed E-state index contributed by atoms with van der Waals surface area (Å²) in [4.78, 5) is 24.1. The predicted molar refractivity (Wildman–Crippen MR) is 83.1 cm³/mol. The Balaban J connectivity index is 0.00000161. The predicted octanol–water partition coefficient (Wildman–Crippen LogP) is 1.70. The molecule has 21 heavy (non-hydrogen) atoms. The number of piperidine rings is 1.